The lowest BCUT2D eigenvalue weighted by Crippen LogP contribution is -2.25. The van der Waals surface area contributed by atoms with Crippen molar-refractivity contribution in [2.45, 2.75) is 20.8 Å². The maximum Gasteiger partial charge on any atom is 0.305 e. The third-order valence-corrected chi connectivity index (χ3v) is 4.84. The molecule has 1 aromatic heterocycles. The molecule has 6 nitrogen and oxygen atoms in total. The second kappa shape index (κ2) is 6.32. The van der Waals surface area contributed by atoms with E-state index in [2.05, 4.69) is 36.1 Å². The number of amides is 1. The van der Waals surface area contributed by atoms with Crippen LogP contribution in [0.1, 0.15) is 27.0 Å². The Morgan fingerprint density at radius 2 is 1.67 bits per heavy atom. The summed E-state index contributed by atoms with van der Waals surface area (Å²) in [6.07, 6.45) is 1.57. The summed E-state index contributed by atoms with van der Waals surface area (Å²) in [7, 11) is 0. The Morgan fingerprint density at radius 3 is 2.41 bits per heavy atom. The average Bonchev–Trinajstić information content (AvgIpc) is 2.91. The number of aromatic nitrogens is 2. The Bertz CT molecular complexity index is 1070. The molecule has 1 aliphatic rings. The van der Waals surface area contributed by atoms with E-state index in [0.717, 1.165) is 5.69 Å². The highest BCUT2D eigenvalue weighted by Crippen LogP contribution is 2.34. The molecule has 1 N–H and O–H groups in total. The number of nitrogens with one attached hydrogen (secondary N) is 1. The number of fused-ring (bicyclic) bond motifs is 1. The molecule has 0 atom stereocenters. The summed E-state index contributed by atoms with van der Waals surface area (Å²) in [5.41, 5.74) is 5.38. The van der Waals surface area contributed by atoms with E-state index in [1.54, 1.807) is 36.5 Å². The normalized spacial score (nSPS) is 13.1. The fourth-order valence-electron chi connectivity index (χ4n) is 3.19. The van der Waals surface area contributed by atoms with Crippen LogP contribution in [0.15, 0.2) is 48.7 Å². The van der Waals surface area contributed by atoms with Gasteiger partial charge in [-0.2, -0.15) is 4.98 Å². The molecule has 0 radical (unpaired) electrons. The van der Waals surface area contributed by atoms with E-state index < -0.39 is 11.7 Å². The van der Waals surface area contributed by atoms with Gasteiger partial charge in [0.2, 0.25) is 5.95 Å². The van der Waals surface area contributed by atoms with Crippen molar-refractivity contribution < 1.29 is 9.59 Å². The smallest absolute Gasteiger partial charge is 0.305 e. The van der Waals surface area contributed by atoms with Crippen LogP contribution in [0, 0.1) is 20.8 Å². The molecule has 6 heteroatoms. The van der Waals surface area contributed by atoms with Crippen molar-refractivity contribution in [2.24, 2.45) is 0 Å². The zero-order valence-electron chi connectivity index (χ0n) is 15.3. The molecule has 134 valence electrons. The molecule has 0 aliphatic carbocycles. The van der Waals surface area contributed by atoms with Crippen molar-refractivity contribution in [3.63, 3.8) is 0 Å². The van der Waals surface area contributed by atoms with Gasteiger partial charge in [-0.15, -0.1) is 0 Å². The SMILES string of the molecule is Cc1cc(Nc2nccc(N3C(=O)C(=O)c4ccccc43)n2)cc(C)c1C. The van der Waals surface area contributed by atoms with E-state index in [9.17, 15) is 9.59 Å². The van der Waals surface area contributed by atoms with E-state index in [1.807, 2.05) is 12.1 Å². The molecular weight excluding hydrogens is 340 g/mol. The number of hydrogen-bond acceptors (Lipinski definition) is 5. The first-order chi connectivity index (χ1) is 13.0. The summed E-state index contributed by atoms with van der Waals surface area (Å²) in [5.74, 6) is -0.414. The first kappa shape index (κ1) is 16.9. The molecule has 1 amide bonds. The van der Waals surface area contributed by atoms with Crippen molar-refractivity contribution in [3.8, 4) is 0 Å². The van der Waals surface area contributed by atoms with Crippen molar-refractivity contribution in [1.29, 1.82) is 0 Å². The number of rotatable bonds is 3. The van der Waals surface area contributed by atoms with Crippen molar-refractivity contribution in [3.05, 3.63) is 70.9 Å². The number of carbonyl (C=O) groups excluding carboxylic acids is 2. The summed E-state index contributed by atoms with van der Waals surface area (Å²) in [4.78, 5) is 34.7. The van der Waals surface area contributed by atoms with E-state index in [0.29, 0.717) is 23.0 Å². The lowest BCUT2D eigenvalue weighted by molar-refractivity contribution is -0.113. The van der Waals surface area contributed by atoms with Crippen LogP contribution in [0.4, 0.5) is 23.1 Å². The van der Waals surface area contributed by atoms with E-state index >= 15 is 0 Å². The molecule has 27 heavy (non-hydrogen) atoms. The number of carbonyl (C=O) groups is 2. The van der Waals surface area contributed by atoms with Gasteiger partial charge >= 0.3 is 5.91 Å². The second-order valence-electron chi connectivity index (χ2n) is 6.59. The number of hydrogen-bond donors (Lipinski definition) is 1. The first-order valence-electron chi connectivity index (χ1n) is 8.61. The van der Waals surface area contributed by atoms with Crippen LogP contribution in [-0.2, 0) is 4.79 Å². The zero-order chi connectivity index (χ0) is 19.1. The predicted molar refractivity (Wildman–Crippen MR) is 104 cm³/mol. The van der Waals surface area contributed by atoms with Crippen molar-refractivity contribution >= 4 is 34.8 Å². The Hall–Kier alpha value is -3.54. The summed E-state index contributed by atoms with van der Waals surface area (Å²) in [6.45, 7) is 6.19. The Kier molecular flexibility index (Phi) is 3.96. The molecule has 3 aromatic rings. The van der Waals surface area contributed by atoms with Gasteiger partial charge in [-0.05, 0) is 61.7 Å². The standard InChI is InChI=1S/C21H18N4O2/c1-12-10-15(11-13(2)14(12)3)23-21-22-9-8-18(24-21)25-17-7-5-4-6-16(17)19(26)20(25)27/h4-11H,1-3H3,(H,22,23,24). The number of aryl methyl sites for hydroxylation is 2. The number of nitrogens with zero attached hydrogens (tertiary/aromatic N) is 3. The number of para-hydroxylation sites is 1. The Labute approximate surface area is 156 Å². The van der Waals surface area contributed by atoms with Gasteiger partial charge in [0, 0.05) is 18.0 Å². The summed E-state index contributed by atoms with van der Waals surface area (Å²) in [6, 6.07) is 12.6. The van der Waals surface area contributed by atoms with Crippen LogP contribution in [0.2, 0.25) is 0 Å². The fraction of sp³-hybridized carbons (Fsp3) is 0.143. The molecule has 2 heterocycles. The summed E-state index contributed by atoms with van der Waals surface area (Å²) in [5, 5.41) is 3.18. The third-order valence-electron chi connectivity index (χ3n) is 4.84. The van der Waals surface area contributed by atoms with Gasteiger partial charge in [0.05, 0.1) is 11.3 Å². The number of ketones is 1. The molecular formula is C21H18N4O2. The summed E-state index contributed by atoms with van der Waals surface area (Å²) < 4.78 is 0. The van der Waals surface area contributed by atoms with Crippen LogP contribution < -0.4 is 10.2 Å². The highest BCUT2D eigenvalue weighted by Gasteiger charge is 2.37. The van der Waals surface area contributed by atoms with Crippen molar-refractivity contribution in [2.75, 3.05) is 10.2 Å². The van der Waals surface area contributed by atoms with Gasteiger partial charge in [0.15, 0.2) is 0 Å². The first-order valence-corrected chi connectivity index (χ1v) is 8.61. The number of anilines is 4. The maximum absolute atomic E-state index is 12.5. The number of Topliss-reactive ketones (excluding diaryl/α,β-unsaturated/α-hetero) is 1. The van der Waals surface area contributed by atoms with Gasteiger partial charge in [-0.3, -0.25) is 14.5 Å². The fourth-order valence-corrected chi connectivity index (χ4v) is 3.19. The average molecular weight is 358 g/mol. The van der Waals surface area contributed by atoms with E-state index in [-0.39, 0.29) is 0 Å². The van der Waals surface area contributed by atoms with Gasteiger partial charge < -0.3 is 5.32 Å². The molecule has 0 bridgehead atoms. The van der Waals surface area contributed by atoms with Gasteiger partial charge in [0.25, 0.3) is 5.78 Å². The van der Waals surface area contributed by atoms with Crippen LogP contribution in [-0.4, -0.2) is 21.7 Å². The summed E-state index contributed by atoms with van der Waals surface area (Å²) >= 11 is 0. The van der Waals surface area contributed by atoms with Gasteiger partial charge in [-0.25, -0.2) is 4.98 Å². The van der Waals surface area contributed by atoms with Crippen LogP contribution in [0.5, 0.6) is 0 Å². The molecule has 0 spiro atoms. The minimum atomic E-state index is -0.608. The van der Waals surface area contributed by atoms with E-state index in [4.69, 9.17) is 0 Å². The van der Waals surface area contributed by atoms with E-state index in [1.165, 1.54) is 21.6 Å². The predicted octanol–water partition coefficient (Wildman–Crippen LogP) is 4.01. The zero-order valence-corrected chi connectivity index (χ0v) is 15.3. The Morgan fingerprint density at radius 1 is 0.963 bits per heavy atom. The molecule has 4 rings (SSSR count). The molecule has 0 unspecified atom stereocenters. The van der Waals surface area contributed by atoms with Gasteiger partial charge in [0.1, 0.15) is 5.82 Å². The van der Waals surface area contributed by atoms with Gasteiger partial charge in [-0.1, -0.05) is 12.1 Å². The van der Waals surface area contributed by atoms with Crippen LogP contribution >= 0.6 is 0 Å². The highest BCUT2D eigenvalue weighted by atomic mass is 16.2. The maximum atomic E-state index is 12.5. The minimum absolute atomic E-state index is 0.358. The quantitative estimate of drug-likeness (QED) is 0.716. The lowest BCUT2D eigenvalue weighted by Gasteiger charge is -2.16. The highest BCUT2D eigenvalue weighted by molar-refractivity contribution is 6.53. The lowest BCUT2D eigenvalue weighted by atomic mass is 10.0. The minimum Gasteiger partial charge on any atom is -0.324 e. The molecule has 1 aliphatic heterocycles. The third kappa shape index (κ3) is 2.85. The molecule has 0 saturated carbocycles. The molecule has 0 saturated heterocycles. The Balaban J connectivity index is 1.70. The molecule has 0 fully saturated rings. The van der Waals surface area contributed by atoms with Crippen molar-refractivity contribution in [1.82, 2.24) is 9.97 Å². The monoisotopic (exact) mass is 358 g/mol. The number of benzene rings is 2. The van der Waals surface area contributed by atoms with Crippen LogP contribution in [0.25, 0.3) is 0 Å². The molecule has 2 aromatic carbocycles. The van der Waals surface area contributed by atoms with Crippen LogP contribution in [0.3, 0.4) is 0 Å². The topological polar surface area (TPSA) is 75.2 Å². The second-order valence-corrected chi connectivity index (χ2v) is 6.59. The largest absolute Gasteiger partial charge is 0.324 e.